The number of fused-ring (bicyclic) bond motifs is 1. The molecule has 1 aliphatic heterocycles. The zero-order valence-electron chi connectivity index (χ0n) is 14.6. The fourth-order valence-electron chi connectivity index (χ4n) is 3.00. The van der Waals surface area contributed by atoms with Crippen molar-refractivity contribution < 1.29 is 17.9 Å². The molecule has 0 spiro atoms. The standard InChI is InChI=1S/C18H19ClN2O4S.ClH/c1-25-18(22)13-8-14(19)10-15(9-13)26(23,24)21-11-17-16-5-3-2-4-12(16)6-7-20-17;/h2-5,8-10,17,20-21H,6-7,11H2,1H3;1H. The van der Waals surface area contributed by atoms with Gasteiger partial charge in [-0.15, -0.1) is 12.4 Å². The first-order valence-electron chi connectivity index (χ1n) is 8.10. The number of hydrogen-bond acceptors (Lipinski definition) is 5. The molecule has 0 aliphatic carbocycles. The number of benzene rings is 2. The molecule has 2 aromatic rings. The van der Waals surface area contributed by atoms with E-state index in [9.17, 15) is 13.2 Å². The predicted octanol–water partition coefficient (Wildman–Crippen LogP) is 2.71. The van der Waals surface area contributed by atoms with E-state index in [0.29, 0.717) is 0 Å². The largest absolute Gasteiger partial charge is 0.465 e. The molecule has 2 aromatic carbocycles. The lowest BCUT2D eigenvalue weighted by molar-refractivity contribution is 0.0600. The molecular formula is C18H20Cl2N2O4S. The van der Waals surface area contributed by atoms with E-state index in [1.165, 1.54) is 30.9 Å². The summed E-state index contributed by atoms with van der Waals surface area (Å²) in [4.78, 5) is 11.6. The highest BCUT2D eigenvalue weighted by atomic mass is 35.5. The molecule has 0 saturated carbocycles. The number of rotatable bonds is 5. The molecule has 1 unspecified atom stereocenters. The van der Waals surface area contributed by atoms with Crippen molar-refractivity contribution in [3.63, 3.8) is 0 Å². The lowest BCUT2D eigenvalue weighted by Gasteiger charge is -2.27. The number of halogens is 2. The van der Waals surface area contributed by atoms with Crippen LogP contribution in [0.2, 0.25) is 5.02 Å². The van der Waals surface area contributed by atoms with Gasteiger partial charge in [-0.2, -0.15) is 0 Å². The Hall–Kier alpha value is -1.64. The molecular weight excluding hydrogens is 411 g/mol. The van der Waals surface area contributed by atoms with Crippen molar-refractivity contribution >= 4 is 40.0 Å². The second-order valence-electron chi connectivity index (χ2n) is 5.97. The third kappa shape index (κ3) is 5.00. The number of nitrogens with one attached hydrogen (secondary N) is 2. The van der Waals surface area contributed by atoms with Gasteiger partial charge in [0.15, 0.2) is 0 Å². The van der Waals surface area contributed by atoms with Gasteiger partial charge in [-0.25, -0.2) is 17.9 Å². The maximum atomic E-state index is 12.7. The lowest BCUT2D eigenvalue weighted by Crippen LogP contribution is -2.38. The van der Waals surface area contributed by atoms with Crippen LogP contribution < -0.4 is 10.0 Å². The van der Waals surface area contributed by atoms with E-state index in [4.69, 9.17) is 11.6 Å². The van der Waals surface area contributed by atoms with Crippen LogP contribution in [0.4, 0.5) is 0 Å². The summed E-state index contributed by atoms with van der Waals surface area (Å²) in [5.74, 6) is -0.646. The van der Waals surface area contributed by atoms with Gasteiger partial charge in [-0.3, -0.25) is 0 Å². The second kappa shape index (κ2) is 9.03. The van der Waals surface area contributed by atoms with Crippen molar-refractivity contribution in [2.75, 3.05) is 20.2 Å². The van der Waals surface area contributed by atoms with Crippen LogP contribution in [0.1, 0.15) is 27.5 Å². The second-order valence-corrected chi connectivity index (χ2v) is 8.18. The predicted molar refractivity (Wildman–Crippen MR) is 106 cm³/mol. The number of methoxy groups -OCH3 is 1. The Morgan fingerprint density at radius 1 is 1.30 bits per heavy atom. The van der Waals surface area contributed by atoms with E-state index in [2.05, 4.69) is 20.8 Å². The van der Waals surface area contributed by atoms with E-state index in [0.717, 1.165) is 18.5 Å². The SMILES string of the molecule is COC(=O)c1cc(Cl)cc(S(=O)(=O)NCC2NCCc3ccccc32)c1.Cl. The number of sulfonamides is 1. The van der Waals surface area contributed by atoms with Crippen molar-refractivity contribution in [1.29, 1.82) is 0 Å². The van der Waals surface area contributed by atoms with E-state index in [-0.39, 0.29) is 40.5 Å². The topological polar surface area (TPSA) is 84.5 Å². The summed E-state index contributed by atoms with van der Waals surface area (Å²) in [7, 11) is -2.61. The molecule has 6 nitrogen and oxygen atoms in total. The van der Waals surface area contributed by atoms with E-state index in [1.807, 2.05) is 18.2 Å². The van der Waals surface area contributed by atoms with Crippen LogP contribution in [0.25, 0.3) is 0 Å². The molecule has 0 aromatic heterocycles. The average molecular weight is 431 g/mol. The fraction of sp³-hybridized carbons (Fsp3) is 0.278. The zero-order valence-corrected chi connectivity index (χ0v) is 17.0. The minimum absolute atomic E-state index is 0. The van der Waals surface area contributed by atoms with Crippen molar-refractivity contribution in [2.45, 2.75) is 17.4 Å². The zero-order chi connectivity index (χ0) is 18.7. The van der Waals surface area contributed by atoms with Crippen molar-refractivity contribution in [1.82, 2.24) is 10.0 Å². The van der Waals surface area contributed by atoms with E-state index >= 15 is 0 Å². The van der Waals surface area contributed by atoms with Crippen LogP contribution in [0.5, 0.6) is 0 Å². The summed E-state index contributed by atoms with van der Waals surface area (Å²) >= 11 is 5.96. The minimum atomic E-state index is -3.83. The van der Waals surface area contributed by atoms with Crippen LogP contribution in [0.3, 0.4) is 0 Å². The molecule has 0 amide bonds. The van der Waals surface area contributed by atoms with Crippen molar-refractivity contribution in [3.05, 3.63) is 64.2 Å². The summed E-state index contributed by atoms with van der Waals surface area (Å²) < 4.78 is 32.5. The Balaban J connectivity index is 0.00000261. The molecule has 0 saturated heterocycles. The van der Waals surface area contributed by atoms with Crippen molar-refractivity contribution in [2.24, 2.45) is 0 Å². The monoisotopic (exact) mass is 430 g/mol. The number of hydrogen-bond donors (Lipinski definition) is 2. The Morgan fingerprint density at radius 3 is 2.78 bits per heavy atom. The molecule has 2 N–H and O–H groups in total. The van der Waals surface area contributed by atoms with Gasteiger partial charge < -0.3 is 10.1 Å². The van der Waals surface area contributed by atoms with Gasteiger partial charge in [0, 0.05) is 17.6 Å². The van der Waals surface area contributed by atoms with Crippen molar-refractivity contribution in [3.8, 4) is 0 Å². The van der Waals surface area contributed by atoms with Crippen LogP contribution in [0, 0.1) is 0 Å². The summed E-state index contributed by atoms with van der Waals surface area (Å²) in [5, 5.41) is 3.47. The Morgan fingerprint density at radius 2 is 2.04 bits per heavy atom. The van der Waals surface area contributed by atoms with Gasteiger partial charge >= 0.3 is 5.97 Å². The third-order valence-corrected chi connectivity index (χ3v) is 5.92. The molecule has 0 radical (unpaired) electrons. The minimum Gasteiger partial charge on any atom is -0.465 e. The lowest BCUT2D eigenvalue weighted by atomic mass is 9.95. The summed E-state index contributed by atoms with van der Waals surface area (Å²) in [6.45, 7) is 0.979. The normalized spacial score (nSPS) is 16.1. The Bertz CT molecular complexity index is 935. The van der Waals surface area contributed by atoms with E-state index < -0.39 is 16.0 Å². The molecule has 1 heterocycles. The highest BCUT2D eigenvalue weighted by Gasteiger charge is 2.23. The van der Waals surface area contributed by atoms with Gasteiger partial charge in [0.2, 0.25) is 10.0 Å². The fourth-order valence-corrected chi connectivity index (χ4v) is 4.42. The maximum Gasteiger partial charge on any atom is 0.337 e. The molecule has 3 rings (SSSR count). The highest BCUT2D eigenvalue weighted by Crippen LogP contribution is 2.23. The maximum absolute atomic E-state index is 12.7. The summed E-state index contributed by atoms with van der Waals surface area (Å²) in [6, 6.07) is 11.8. The number of esters is 1. The van der Waals surface area contributed by atoms with E-state index in [1.54, 1.807) is 0 Å². The van der Waals surface area contributed by atoms with Crippen LogP contribution >= 0.6 is 24.0 Å². The Labute approximate surface area is 169 Å². The van der Waals surface area contributed by atoms with Gasteiger partial charge in [-0.05, 0) is 42.3 Å². The third-order valence-electron chi connectivity index (χ3n) is 4.30. The molecule has 0 fully saturated rings. The van der Waals surface area contributed by atoms with Gasteiger partial charge in [0.1, 0.15) is 0 Å². The van der Waals surface area contributed by atoms with Gasteiger partial charge in [-0.1, -0.05) is 35.9 Å². The number of carbonyl (C=O) groups excluding carboxylic acids is 1. The summed E-state index contributed by atoms with van der Waals surface area (Å²) in [6.07, 6.45) is 0.913. The first kappa shape index (κ1) is 21.7. The first-order valence-corrected chi connectivity index (χ1v) is 9.96. The average Bonchev–Trinajstić information content (AvgIpc) is 2.65. The smallest absolute Gasteiger partial charge is 0.337 e. The molecule has 146 valence electrons. The van der Waals surface area contributed by atoms with Gasteiger partial charge in [0.05, 0.1) is 17.6 Å². The van der Waals surface area contributed by atoms with Crippen LogP contribution in [-0.2, 0) is 21.2 Å². The Kier molecular flexibility index (Phi) is 7.25. The number of ether oxygens (including phenoxy) is 1. The first-order chi connectivity index (χ1) is 12.4. The molecule has 1 atom stereocenters. The number of carbonyl (C=O) groups is 1. The molecule has 1 aliphatic rings. The molecule has 0 bridgehead atoms. The van der Waals surface area contributed by atoms with Crippen LogP contribution in [-0.4, -0.2) is 34.6 Å². The highest BCUT2D eigenvalue weighted by molar-refractivity contribution is 7.89. The van der Waals surface area contributed by atoms with Gasteiger partial charge in [0.25, 0.3) is 0 Å². The summed E-state index contributed by atoms with van der Waals surface area (Å²) in [5.41, 5.74) is 2.38. The molecule has 9 heteroatoms. The quantitative estimate of drug-likeness (QED) is 0.712. The van der Waals surface area contributed by atoms with Crippen LogP contribution in [0.15, 0.2) is 47.4 Å². The molecule has 27 heavy (non-hydrogen) atoms.